The number of sulfone groups is 1. The molecule has 0 N–H and O–H groups in total. The summed E-state index contributed by atoms with van der Waals surface area (Å²) in [6.07, 6.45) is 0.476. The van der Waals surface area contributed by atoms with Crippen LogP contribution >= 0.6 is 27.5 Å². The van der Waals surface area contributed by atoms with Crippen molar-refractivity contribution in [1.82, 2.24) is 4.90 Å². The van der Waals surface area contributed by atoms with Crippen molar-refractivity contribution in [1.29, 1.82) is 0 Å². The average Bonchev–Trinajstić information content (AvgIpc) is 2.77. The fraction of sp³-hybridized carbons (Fsp3) is 0.462. The van der Waals surface area contributed by atoms with Crippen LogP contribution in [0.4, 0.5) is 0 Å². The summed E-state index contributed by atoms with van der Waals surface area (Å²) in [5.41, 5.74) is 0. The maximum atomic E-state index is 12.0. The second-order valence-corrected chi connectivity index (χ2v) is 8.48. The Bertz CT molecular complexity index is 650. The average molecular weight is 397 g/mol. The van der Waals surface area contributed by atoms with Crippen LogP contribution in [0.25, 0.3) is 0 Å². The summed E-state index contributed by atoms with van der Waals surface area (Å²) >= 11 is 9.28. The summed E-state index contributed by atoms with van der Waals surface area (Å²) in [5, 5.41) is 0.406. The Balaban J connectivity index is 1.92. The highest BCUT2D eigenvalue weighted by atomic mass is 79.9. The zero-order chi connectivity index (χ0) is 15.6. The van der Waals surface area contributed by atoms with Crippen LogP contribution in [0, 0.1) is 0 Å². The lowest BCUT2D eigenvalue weighted by molar-refractivity contribution is -0.133. The molecule has 0 aliphatic carbocycles. The normalized spacial score (nSPS) is 20.2. The molecule has 1 saturated heterocycles. The summed E-state index contributed by atoms with van der Waals surface area (Å²) in [7, 11) is -1.42. The Hall–Kier alpha value is -0.790. The van der Waals surface area contributed by atoms with E-state index < -0.39 is 9.84 Å². The third-order valence-electron chi connectivity index (χ3n) is 3.39. The summed E-state index contributed by atoms with van der Waals surface area (Å²) in [4.78, 5) is 13.5. The fourth-order valence-corrected chi connectivity index (χ4v) is 4.62. The predicted octanol–water partition coefficient (Wildman–Crippen LogP) is 2.13. The van der Waals surface area contributed by atoms with Crippen molar-refractivity contribution in [2.75, 3.05) is 25.2 Å². The van der Waals surface area contributed by atoms with E-state index in [1.807, 2.05) is 0 Å². The first-order valence-corrected chi connectivity index (χ1v) is 9.32. The molecule has 0 aromatic heterocycles. The van der Waals surface area contributed by atoms with Gasteiger partial charge in [0, 0.05) is 17.6 Å². The van der Waals surface area contributed by atoms with Crippen LogP contribution in [-0.4, -0.2) is 50.4 Å². The molecule has 0 saturated carbocycles. The molecule has 5 nitrogen and oxygen atoms in total. The van der Waals surface area contributed by atoms with Gasteiger partial charge in [0.1, 0.15) is 5.75 Å². The van der Waals surface area contributed by atoms with E-state index in [2.05, 4.69) is 15.9 Å². The summed E-state index contributed by atoms with van der Waals surface area (Å²) in [6, 6.07) is 4.83. The van der Waals surface area contributed by atoms with Crippen LogP contribution in [-0.2, 0) is 14.6 Å². The number of hydrogen-bond acceptors (Lipinski definition) is 4. The maximum Gasteiger partial charge on any atom is 0.260 e. The van der Waals surface area contributed by atoms with Gasteiger partial charge in [0.25, 0.3) is 5.91 Å². The molecule has 2 rings (SSSR count). The summed E-state index contributed by atoms with van der Waals surface area (Å²) in [6.45, 7) is -0.172. The van der Waals surface area contributed by atoms with Gasteiger partial charge in [-0.1, -0.05) is 27.5 Å². The molecule has 116 valence electrons. The Kier molecular flexibility index (Phi) is 5.16. The third kappa shape index (κ3) is 4.34. The van der Waals surface area contributed by atoms with Crippen LogP contribution in [0.2, 0.25) is 5.02 Å². The lowest BCUT2D eigenvalue weighted by atomic mass is 10.2. The summed E-state index contributed by atoms with van der Waals surface area (Å²) < 4.78 is 29.1. The van der Waals surface area contributed by atoms with Crippen molar-refractivity contribution < 1.29 is 17.9 Å². The zero-order valence-electron chi connectivity index (χ0n) is 11.4. The van der Waals surface area contributed by atoms with Crippen LogP contribution in [0.5, 0.6) is 5.75 Å². The van der Waals surface area contributed by atoms with Gasteiger partial charge < -0.3 is 9.64 Å². The smallest absolute Gasteiger partial charge is 0.260 e. The molecule has 0 spiro atoms. The minimum absolute atomic E-state index is 0.0221. The SMILES string of the molecule is CN(C(=O)COc1ccc(Br)cc1Cl)[C@@H]1CCS(=O)(=O)C1. The lowest BCUT2D eigenvalue weighted by Crippen LogP contribution is -2.40. The highest BCUT2D eigenvalue weighted by Gasteiger charge is 2.32. The Morgan fingerprint density at radius 3 is 2.81 bits per heavy atom. The number of rotatable bonds is 4. The Labute approximate surface area is 137 Å². The van der Waals surface area contributed by atoms with Gasteiger partial charge in [-0.15, -0.1) is 0 Å². The highest BCUT2D eigenvalue weighted by molar-refractivity contribution is 9.10. The molecule has 1 aliphatic heterocycles. The number of likely N-dealkylation sites (N-methyl/N-ethyl adjacent to an activating group) is 1. The molecule has 8 heteroatoms. The van der Waals surface area contributed by atoms with Crippen molar-refractivity contribution in [3.05, 3.63) is 27.7 Å². The first-order valence-electron chi connectivity index (χ1n) is 6.32. The van der Waals surface area contributed by atoms with E-state index >= 15 is 0 Å². The van der Waals surface area contributed by atoms with Gasteiger partial charge in [-0.05, 0) is 24.6 Å². The fourth-order valence-electron chi connectivity index (χ4n) is 2.12. The minimum Gasteiger partial charge on any atom is -0.482 e. The van der Waals surface area contributed by atoms with Crippen molar-refractivity contribution >= 4 is 43.3 Å². The van der Waals surface area contributed by atoms with Crippen LogP contribution < -0.4 is 4.74 Å². The largest absolute Gasteiger partial charge is 0.482 e. The molecule has 1 aliphatic rings. The first-order chi connectivity index (χ1) is 9.78. The molecular formula is C13H15BrClNO4S. The molecule has 1 aromatic rings. The van der Waals surface area contributed by atoms with Crippen LogP contribution in [0.1, 0.15) is 6.42 Å². The molecule has 1 atom stereocenters. The van der Waals surface area contributed by atoms with Gasteiger partial charge in [-0.25, -0.2) is 8.42 Å². The van der Waals surface area contributed by atoms with Gasteiger partial charge in [0.15, 0.2) is 16.4 Å². The van der Waals surface area contributed by atoms with Gasteiger partial charge in [0.2, 0.25) is 0 Å². The number of ether oxygens (including phenoxy) is 1. The molecule has 0 radical (unpaired) electrons. The van der Waals surface area contributed by atoms with E-state index in [0.717, 1.165) is 4.47 Å². The van der Waals surface area contributed by atoms with Gasteiger partial charge in [0.05, 0.1) is 16.5 Å². The first kappa shape index (κ1) is 16.6. The van der Waals surface area contributed by atoms with E-state index in [9.17, 15) is 13.2 Å². The van der Waals surface area contributed by atoms with E-state index in [4.69, 9.17) is 16.3 Å². The lowest BCUT2D eigenvalue weighted by Gasteiger charge is -2.23. The van der Waals surface area contributed by atoms with Crippen molar-refractivity contribution in [2.24, 2.45) is 0 Å². The monoisotopic (exact) mass is 395 g/mol. The van der Waals surface area contributed by atoms with Crippen LogP contribution in [0.15, 0.2) is 22.7 Å². The van der Waals surface area contributed by atoms with Crippen molar-refractivity contribution in [2.45, 2.75) is 12.5 Å². The molecule has 1 fully saturated rings. The van der Waals surface area contributed by atoms with Gasteiger partial charge >= 0.3 is 0 Å². The number of hydrogen-bond donors (Lipinski definition) is 0. The quantitative estimate of drug-likeness (QED) is 0.782. The van der Waals surface area contributed by atoms with E-state index in [0.29, 0.717) is 17.2 Å². The highest BCUT2D eigenvalue weighted by Crippen LogP contribution is 2.27. The second kappa shape index (κ2) is 6.54. The Morgan fingerprint density at radius 2 is 2.24 bits per heavy atom. The Morgan fingerprint density at radius 1 is 1.52 bits per heavy atom. The minimum atomic E-state index is -3.01. The number of carbonyl (C=O) groups excluding carboxylic acids is 1. The molecule has 21 heavy (non-hydrogen) atoms. The standard InChI is InChI=1S/C13H15BrClNO4S/c1-16(10-4-5-21(18,19)8-10)13(17)7-20-12-3-2-9(14)6-11(12)15/h2-3,6,10H,4-5,7-8H2,1H3/t10-/m1/s1. The van der Waals surface area contributed by atoms with Gasteiger partial charge in [-0.3, -0.25) is 4.79 Å². The van der Waals surface area contributed by atoms with E-state index in [1.54, 1.807) is 25.2 Å². The van der Waals surface area contributed by atoms with Crippen LogP contribution in [0.3, 0.4) is 0 Å². The number of nitrogens with zero attached hydrogens (tertiary/aromatic N) is 1. The topological polar surface area (TPSA) is 63.7 Å². The predicted molar refractivity (Wildman–Crippen MR) is 84.5 cm³/mol. The summed E-state index contributed by atoms with van der Waals surface area (Å²) in [5.74, 6) is 0.305. The molecule has 1 heterocycles. The van der Waals surface area contributed by atoms with E-state index in [-0.39, 0.29) is 30.1 Å². The maximum absolute atomic E-state index is 12.0. The molecule has 0 unspecified atom stereocenters. The number of halogens is 2. The number of benzene rings is 1. The number of carbonyl (C=O) groups is 1. The molecule has 1 aromatic carbocycles. The third-order valence-corrected chi connectivity index (χ3v) is 5.93. The molecule has 0 bridgehead atoms. The zero-order valence-corrected chi connectivity index (χ0v) is 14.5. The molecule has 1 amide bonds. The van der Waals surface area contributed by atoms with Gasteiger partial charge in [-0.2, -0.15) is 0 Å². The number of amides is 1. The molecular weight excluding hydrogens is 382 g/mol. The van der Waals surface area contributed by atoms with E-state index in [1.165, 1.54) is 4.90 Å². The van der Waals surface area contributed by atoms with Crippen molar-refractivity contribution in [3.8, 4) is 5.75 Å². The second-order valence-electron chi connectivity index (χ2n) is 4.92. The van der Waals surface area contributed by atoms with Crippen molar-refractivity contribution in [3.63, 3.8) is 0 Å².